The molecule has 3 saturated heterocycles. The van der Waals surface area contributed by atoms with E-state index in [-0.39, 0.29) is 30.4 Å². The first-order valence-electron chi connectivity index (χ1n) is 10.9. The Kier molecular flexibility index (Phi) is 6.24. The van der Waals surface area contributed by atoms with Gasteiger partial charge >= 0.3 is 0 Å². The zero-order valence-electron chi connectivity index (χ0n) is 18.0. The van der Waals surface area contributed by atoms with E-state index in [9.17, 15) is 14.4 Å². The molecule has 0 radical (unpaired) electrons. The van der Waals surface area contributed by atoms with Crippen LogP contribution in [-0.4, -0.2) is 71.2 Å². The van der Waals surface area contributed by atoms with Crippen molar-refractivity contribution in [3.63, 3.8) is 0 Å². The van der Waals surface area contributed by atoms with Gasteiger partial charge in [0.1, 0.15) is 11.6 Å². The SMILES string of the molecule is CCCC(C)NC(=O)C1N(CCCCO)C(=O)[C@@H]2[C@@H](C(=O)NC)[C@@]3(C)CCC12O3. The van der Waals surface area contributed by atoms with Gasteiger partial charge in [0.15, 0.2) is 0 Å². The first-order chi connectivity index (χ1) is 13.8. The number of ether oxygens (including phenoxy) is 1. The van der Waals surface area contributed by atoms with Gasteiger partial charge in [-0.05, 0) is 46.0 Å². The number of fused-ring (bicyclic) bond motifs is 1. The van der Waals surface area contributed by atoms with Crippen molar-refractivity contribution in [1.29, 1.82) is 0 Å². The topological polar surface area (TPSA) is 108 Å². The predicted molar refractivity (Wildman–Crippen MR) is 107 cm³/mol. The van der Waals surface area contributed by atoms with E-state index < -0.39 is 29.1 Å². The number of likely N-dealkylation sites (tertiary alicyclic amines) is 1. The lowest BCUT2D eigenvalue weighted by molar-refractivity contribution is -0.146. The second kappa shape index (κ2) is 8.22. The Morgan fingerprint density at radius 1 is 1.31 bits per heavy atom. The molecule has 3 aliphatic heterocycles. The Morgan fingerprint density at radius 2 is 2.03 bits per heavy atom. The minimum atomic E-state index is -0.960. The molecule has 3 rings (SSSR count). The number of aliphatic hydroxyl groups is 1. The fourth-order valence-electron chi connectivity index (χ4n) is 5.74. The first kappa shape index (κ1) is 22.0. The molecule has 164 valence electrons. The molecular formula is C21H35N3O5. The van der Waals surface area contributed by atoms with E-state index in [1.807, 2.05) is 13.8 Å². The summed E-state index contributed by atoms with van der Waals surface area (Å²) in [5.41, 5.74) is -1.69. The van der Waals surface area contributed by atoms with Gasteiger partial charge in [0.2, 0.25) is 17.7 Å². The van der Waals surface area contributed by atoms with Crippen molar-refractivity contribution in [3.8, 4) is 0 Å². The van der Waals surface area contributed by atoms with Crippen LogP contribution in [0.5, 0.6) is 0 Å². The third kappa shape index (κ3) is 3.44. The van der Waals surface area contributed by atoms with Gasteiger partial charge in [-0.2, -0.15) is 0 Å². The first-order valence-corrected chi connectivity index (χ1v) is 10.9. The van der Waals surface area contributed by atoms with Crippen molar-refractivity contribution in [2.45, 2.75) is 82.6 Å². The average molecular weight is 410 g/mol. The van der Waals surface area contributed by atoms with Crippen molar-refractivity contribution in [2.75, 3.05) is 20.2 Å². The van der Waals surface area contributed by atoms with Gasteiger partial charge in [-0.25, -0.2) is 0 Å². The van der Waals surface area contributed by atoms with E-state index in [2.05, 4.69) is 17.6 Å². The molecule has 0 aliphatic carbocycles. The normalized spacial score (nSPS) is 36.2. The Morgan fingerprint density at radius 3 is 2.66 bits per heavy atom. The minimum Gasteiger partial charge on any atom is -0.396 e. The van der Waals surface area contributed by atoms with Crippen molar-refractivity contribution in [3.05, 3.63) is 0 Å². The van der Waals surface area contributed by atoms with E-state index in [0.717, 1.165) is 12.8 Å². The Bertz CT molecular complexity index is 671. The van der Waals surface area contributed by atoms with E-state index in [0.29, 0.717) is 32.2 Å². The smallest absolute Gasteiger partial charge is 0.246 e. The van der Waals surface area contributed by atoms with Gasteiger partial charge in [0.25, 0.3) is 0 Å². The van der Waals surface area contributed by atoms with Crippen molar-refractivity contribution >= 4 is 17.7 Å². The maximum absolute atomic E-state index is 13.5. The van der Waals surface area contributed by atoms with Crippen LogP contribution in [0.15, 0.2) is 0 Å². The molecule has 0 aromatic carbocycles. The number of nitrogens with one attached hydrogen (secondary N) is 2. The average Bonchev–Trinajstić information content (AvgIpc) is 3.23. The van der Waals surface area contributed by atoms with Gasteiger partial charge in [-0.15, -0.1) is 0 Å². The minimum absolute atomic E-state index is 0.00118. The fourth-order valence-corrected chi connectivity index (χ4v) is 5.74. The summed E-state index contributed by atoms with van der Waals surface area (Å²) < 4.78 is 6.46. The zero-order valence-corrected chi connectivity index (χ0v) is 18.0. The number of rotatable bonds is 9. The van der Waals surface area contributed by atoms with Gasteiger partial charge in [0.05, 0.1) is 17.4 Å². The van der Waals surface area contributed by atoms with E-state index >= 15 is 0 Å². The lowest BCUT2D eigenvalue weighted by Crippen LogP contribution is -2.56. The molecule has 3 unspecified atom stereocenters. The highest BCUT2D eigenvalue weighted by Crippen LogP contribution is 2.63. The van der Waals surface area contributed by atoms with Crippen LogP contribution in [-0.2, 0) is 19.1 Å². The highest BCUT2D eigenvalue weighted by atomic mass is 16.5. The number of hydrogen-bond donors (Lipinski definition) is 3. The lowest BCUT2D eigenvalue weighted by Gasteiger charge is -2.34. The second-order valence-corrected chi connectivity index (χ2v) is 9.00. The molecule has 29 heavy (non-hydrogen) atoms. The van der Waals surface area contributed by atoms with Gasteiger partial charge in [-0.3, -0.25) is 14.4 Å². The third-order valence-electron chi connectivity index (χ3n) is 6.97. The summed E-state index contributed by atoms with van der Waals surface area (Å²) in [6.45, 7) is 6.33. The van der Waals surface area contributed by atoms with Crippen LogP contribution in [0.4, 0.5) is 0 Å². The van der Waals surface area contributed by atoms with Crippen molar-refractivity contribution in [1.82, 2.24) is 15.5 Å². The Balaban J connectivity index is 1.96. The van der Waals surface area contributed by atoms with Crippen LogP contribution in [0.25, 0.3) is 0 Å². The molecule has 2 bridgehead atoms. The Labute approximate surface area is 172 Å². The molecule has 0 aromatic rings. The number of carbonyl (C=O) groups excluding carboxylic acids is 3. The summed E-state index contributed by atoms with van der Waals surface area (Å²) in [6, 6.07) is -0.740. The predicted octanol–water partition coefficient (Wildman–Crippen LogP) is 0.574. The van der Waals surface area contributed by atoms with Crippen LogP contribution < -0.4 is 10.6 Å². The highest BCUT2D eigenvalue weighted by Gasteiger charge is 2.77. The molecule has 6 atom stereocenters. The molecule has 8 nitrogen and oxygen atoms in total. The van der Waals surface area contributed by atoms with E-state index in [1.165, 1.54) is 0 Å². The van der Waals surface area contributed by atoms with Crippen LogP contribution in [0.3, 0.4) is 0 Å². The summed E-state index contributed by atoms with van der Waals surface area (Å²) in [5, 5.41) is 14.9. The molecule has 3 amide bonds. The maximum Gasteiger partial charge on any atom is 0.246 e. The Hall–Kier alpha value is -1.67. The number of aliphatic hydroxyl groups excluding tert-OH is 1. The summed E-state index contributed by atoms with van der Waals surface area (Å²) in [5.74, 6) is -1.83. The van der Waals surface area contributed by atoms with Crippen LogP contribution in [0.1, 0.15) is 59.3 Å². The summed E-state index contributed by atoms with van der Waals surface area (Å²) in [4.78, 5) is 41.2. The van der Waals surface area contributed by atoms with Gasteiger partial charge in [-0.1, -0.05) is 13.3 Å². The van der Waals surface area contributed by atoms with Crippen LogP contribution in [0, 0.1) is 11.8 Å². The van der Waals surface area contributed by atoms with Gasteiger partial charge < -0.3 is 25.4 Å². The van der Waals surface area contributed by atoms with Crippen molar-refractivity contribution in [2.24, 2.45) is 11.8 Å². The van der Waals surface area contributed by atoms with Gasteiger partial charge in [0, 0.05) is 26.2 Å². The maximum atomic E-state index is 13.5. The molecule has 3 N–H and O–H groups in total. The largest absolute Gasteiger partial charge is 0.396 e. The summed E-state index contributed by atoms with van der Waals surface area (Å²) in [7, 11) is 1.57. The molecule has 8 heteroatoms. The standard InChI is InChI=1S/C21H35N3O5/c1-5-8-13(2)23-18(27)16-21-10-9-20(3,29-21)14(17(26)22-4)15(21)19(28)24(16)11-6-7-12-25/h13-16,25H,5-12H2,1-4H3,(H,22,26)(H,23,27)/t13?,14-,15-,16?,20+,21?/m0/s1. The summed E-state index contributed by atoms with van der Waals surface area (Å²) >= 11 is 0. The monoisotopic (exact) mass is 409 g/mol. The number of hydrogen-bond acceptors (Lipinski definition) is 5. The fraction of sp³-hybridized carbons (Fsp3) is 0.857. The molecule has 0 saturated carbocycles. The number of unbranched alkanes of at least 4 members (excludes halogenated alkanes) is 1. The molecule has 0 aromatic heterocycles. The molecule has 3 aliphatic rings. The van der Waals surface area contributed by atoms with Crippen LogP contribution >= 0.6 is 0 Å². The number of carbonyl (C=O) groups is 3. The van der Waals surface area contributed by atoms with Crippen LogP contribution in [0.2, 0.25) is 0 Å². The lowest BCUT2D eigenvalue weighted by atomic mass is 9.66. The molecular weight excluding hydrogens is 374 g/mol. The number of nitrogens with zero attached hydrogens (tertiary/aromatic N) is 1. The molecule has 1 spiro atoms. The van der Waals surface area contributed by atoms with Crippen molar-refractivity contribution < 1.29 is 24.2 Å². The number of amides is 3. The zero-order chi connectivity index (χ0) is 21.4. The van der Waals surface area contributed by atoms with E-state index in [1.54, 1.807) is 11.9 Å². The summed E-state index contributed by atoms with van der Waals surface area (Å²) in [6.07, 6.45) is 4.19. The van der Waals surface area contributed by atoms with E-state index in [4.69, 9.17) is 9.84 Å². The molecule has 3 heterocycles. The second-order valence-electron chi connectivity index (χ2n) is 9.00. The highest BCUT2D eigenvalue weighted by molar-refractivity contribution is 5.99. The third-order valence-corrected chi connectivity index (χ3v) is 6.97. The molecule has 3 fully saturated rings. The quantitative estimate of drug-likeness (QED) is 0.483.